The Morgan fingerprint density at radius 3 is 0.554 bits per heavy atom. The Kier molecular flexibility index (Phi) is 28.0. The van der Waals surface area contributed by atoms with Crippen LogP contribution in [-0.4, -0.2) is 229 Å². The van der Waals surface area contributed by atoms with Crippen LogP contribution in [0, 0.1) is 0 Å². The van der Waals surface area contributed by atoms with Crippen molar-refractivity contribution in [3.05, 3.63) is 0 Å². The van der Waals surface area contributed by atoms with Gasteiger partial charge < -0.3 is 148 Å². The van der Waals surface area contributed by atoms with Crippen LogP contribution in [-0.2, 0) is 71.3 Å². The van der Waals surface area contributed by atoms with Crippen molar-refractivity contribution in [2.75, 3.05) is 7.11 Å². The molecule has 10 unspecified atom stereocenters. The Morgan fingerprint density at radius 2 is 0.391 bits per heavy atom. The van der Waals surface area contributed by atoms with Crippen molar-refractivity contribution >= 4 is 29.8 Å². The summed E-state index contributed by atoms with van der Waals surface area (Å²) in [6, 6.07) is 0. The van der Waals surface area contributed by atoms with E-state index >= 15 is 0 Å². The standard InChI is InChI=1S/C57H96O30.5K/c1-33(2)39(8,68)40(9,69)50(19,35(4,79-33)29(60)61)84-55(24)46(15,75)42(11,71)52(21,37(6,81-55)31(64)65)86-57(26)48(17,77)44(13,73)53(22,38(7,83-57)32(66)67)87-56(25)47(16,76)43(12,72)51(20,36(5,82-56)30(62)63)85-54(23)45(14,74)41(10,70)49(18,78-27)34(3,80-54)28(58)59;;;;;/h68-77H,1-27H3,(H,58,59)(H,60,61)(H,62,63)(H,64,65)(H,66,67);;;;;/q;5*+1/p-5/t34?,35?,36-,37-,38?,39?,40-,41-,42?,43?,44+,45?,46?,47?,48?,49+,50+,51+,52+,53+,54-,55-,56-,57-;;;;;/m0...../s1. The molecule has 0 radical (unpaired) electrons. The molecular weight excluding hydrogens is 1360 g/mol. The molecule has 504 valence electrons. The number of carbonyl (C=O) groups is 5. The number of hydrogen-bond acceptors (Lipinski definition) is 30. The summed E-state index contributed by atoms with van der Waals surface area (Å²) in [5.41, 5.74) is -64.6. The van der Waals surface area contributed by atoms with E-state index < -0.39 is 171 Å². The molecule has 0 aliphatic carbocycles. The zero-order chi connectivity index (χ0) is 69.5. The van der Waals surface area contributed by atoms with Gasteiger partial charge in [0.05, 0.1) is 35.4 Å². The van der Waals surface area contributed by atoms with Crippen molar-refractivity contribution in [2.45, 2.75) is 321 Å². The van der Waals surface area contributed by atoms with Crippen LogP contribution < -0.4 is 282 Å². The fourth-order valence-corrected chi connectivity index (χ4v) is 14.5. The molecule has 5 fully saturated rings. The number of methoxy groups -OCH3 is 1. The first-order valence-corrected chi connectivity index (χ1v) is 27.8. The summed E-state index contributed by atoms with van der Waals surface area (Å²) in [7, 11) is 0.968. The molecule has 0 amide bonds. The summed E-state index contributed by atoms with van der Waals surface area (Å²) in [6.07, 6.45) is 0. The van der Waals surface area contributed by atoms with Crippen LogP contribution in [0.25, 0.3) is 0 Å². The largest absolute Gasteiger partial charge is 1.00 e. The van der Waals surface area contributed by atoms with Gasteiger partial charge in [-0.3, -0.25) is 0 Å². The maximum atomic E-state index is 14.1. The van der Waals surface area contributed by atoms with Gasteiger partial charge in [0.15, 0.2) is 23.1 Å². The van der Waals surface area contributed by atoms with Gasteiger partial charge in [-0.2, -0.15) is 0 Å². The van der Waals surface area contributed by atoms with Crippen molar-refractivity contribution in [2.24, 2.45) is 0 Å². The van der Waals surface area contributed by atoms with Crippen molar-refractivity contribution in [3.8, 4) is 0 Å². The van der Waals surface area contributed by atoms with Gasteiger partial charge in [0.1, 0.15) is 112 Å². The quantitative estimate of drug-likeness (QED) is 0.0722. The second kappa shape index (κ2) is 26.6. The van der Waals surface area contributed by atoms with E-state index in [0.717, 1.165) is 125 Å². The Balaban J connectivity index is 0.0000166. The van der Waals surface area contributed by atoms with E-state index in [1.165, 1.54) is 13.8 Å². The zero-order valence-corrected chi connectivity index (χ0v) is 75.3. The molecule has 0 aromatic rings. The molecule has 0 aromatic heterocycles. The molecule has 5 aliphatic heterocycles. The molecule has 0 aromatic carbocycles. The van der Waals surface area contributed by atoms with E-state index in [1.807, 2.05) is 0 Å². The molecule has 10 N–H and O–H groups in total. The van der Waals surface area contributed by atoms with E-state index in [0.29, 0.717) is 48.5 Å². The van der Waals surface area contributed by atoms with Crippen LogP contribution in [0.3, 0.4) is 0 Å². The van der Waals surface area contributed by atoms with E-state index in [1.54, 1.807) is 0 Å². The molecule has 24 atom stereocenters. The fraction of sp³-hybridized carbons (Fsp3) is 0.912. The number of rotatable bonds is 14. The van der Waals surface area contributed by atoms with Gasteiger partial charge in [-0.1, -0.05) is 0 Å². The average Bonchev–Trinajstić information content (AvgIpc) is 3.32. The molecule has 5 aliphatic rings. The second-order valence-corrected chi connectivity index (χ2v) is 28.9. The zero-order valence-electron chi connectivity index (χ0n) is 59.6. The predicted octanol–water partition coefficient (Wildman–Crippen LogP) is -21.6. The minimum Gasteiger partial charge on any atom is -0.547 e. The molecule has 5 saturated heterocycles. The third-order valence-electron chi connectivity index (χ3n) is 24.7. The molecule has 30 nitrogen and oxygen atoms in total. The predicted molar refractivity (Wildman–Crippen MR) is 280 cm³/mol. The molecular formula is C57H91K5O30. The normalized spacial score (nSPS) is 55.5. The number of carbonyl (C=O) groups excluding carboxylic acids is 5. The summed E-state index contributed by atoms with van der Waals surface area (Å²) in [5, 5.41) is 195. The number of ether oxygens (including phenoxy) is 10. The Hall–Kier alpha value is 4.73. The van der Waals surface area contributed by atoms with E-state index in [2.05, 4.69) is 0 Å². The smallest absolute Gasteiger partial charge is 0.547 e. The molecule has 92 heavy (non-hydrogen) atoms. The number of aliphatic hydroxyl groups is 10. The molecule has 5 rings (SSSR count). The van der Waals surface area contributed by atoms with E-state index in [9.17, 15) is 101 Å². The second-order valence-electron chi connectivity index (χ2n) is 28.9. The van der Waals surface area contributed by atoms with Gasteiger partial charge >= 0.3 is 257 Å². The number of aliphatic carboxylic acids is 5. The summed E-state index contributed by atoms with van der Waals surface area (Å²) < 4.78 is 61.5. The molecule has 0 saturated carbocycles. The van der Waals surface area contributed by atoms with Crippen molar-refractivity contribution in [1.82, 2.24) is 0 Å². The summed E-state index contributed by atoms with van der Waals surface area (Å²) >= 11 is 0. The summed E-state index contributed by atoms with van der Waals surface area (Å²) in [5.74, 6) is -24.3. The minimum absolute atomic E-state index is 0. The first-order valence-electron chi connectivity index (χ1n) is 27.8. The van der Waals surface area contributed by atoms with Gasteiger partial charge in [0, 0.05) is 7.11 Å². The van der Waals surface area contributed by atoms with Gasteiger partial charge in [-0.05, 0) is 180 Å². The molecule has 0 spiro atoms. The van der Waals surface area contributed by atoms with Gasteiger partial charge in [-0.15, -0.1) is 0 Å². The summed E-state index contributed by atoms with van der Waals surface area (Å²) in [4.78, 5) is 68.2. The molecule has 35 heteroatoms. The van der Waals surface area contributed by atoms with Crippen molar-refractivity contribution in [1.29, 1.82) is 0 Å². The van der Waals surface area contributed by atoms with Gasteiger partial charge in [-0.25, -0.2) is 0 Å². The Labute approximate surface area is 749 Å². The van der Waals surface area contributed by atoms with Crippen LogP contribution in [0.5, 0.6) is 0 Å². The first-order chi connectivity index (χ1) is 37.6. The minimum atomic E-state index is -3.50. The number of carboxylic acid groups (broad SMARTS) is 5. The Bertz CT molecular complexity index is 2920. The van der Waals surface area contributed by atoms with Crippen LogP contribution in [0.4, 0.5) is 0 Å². The van der Waals surface area contributed by atoms with Crippen LogP contribution in [0.15, 0.2) is 0 Å². The maximum Gasteiger partial charge on any atom is 1.00 e. The van der Waals surface area contributed by atoms with Crippen LogP contribution in [0.2, 0.25) is 0 Å². The summed E-state index contributed by atoms with van der Waals surface area (Å²) in [6.45, 7) is 21.4. The van der Waals surface area contributed by atoms with Crippen LogP contribution in [0.1, 0.15) is 180 Å². The van der Waals surface area contributed by atoms with Crippen molar-refractivity contribution < 1.29 is 405 Å². The van der Waals surface area contributed by atoms with Gasteiger partial charge in [0.2, 0.25) is 0 Å². The fourth-order valence-electron chi connectivity index (χ4n) is 14.5. The van der Waals surface area contributed by atoms with E-state index in [4.69, 9.17) is 47.4 Å². The third-order valence-corrected chi connectivity index (χ3v) is 24.7. The number of hydrogen-bond donors (Lipinski definition) is 10. The average molecular weight is 1450 g/mol. The van der Waals surface area contributed by atoms with Gasteiger partial charge in [0.25, 0.3) is 0 Å². The van der Waals surface area contributed by atoms with E-state index in [-0.39, 0.29) is 257 Å². The third kappa shape index (κ3) is 11.3. The SMILES string of the molecule is CO[C@]1(C)C(C)(C(=O)[O-])O[C@@](C)(O[C@@]2(C)C(C)(O)C(C)(O)[C@](C)(O[C@]3(C)C(C)(C(=O)[O-])O[C@@](C)(O[C@@]4(C)C(C)(O)C(C)(O)[C@](C)(O[C@]5(C)C(C)(C(=O)[O-])OC(C)(C)C(C)(O)[C@]5(C)O)O[C@@]4(C)C(=O)[O-])C(C)(O)[C@@]3(C)O)O[C@@]2(C)C(=O)[O-])C(C)(O)[C@]1(C)O.[K+].[K+].[K+].[K+].[K+]. The number of carboxylic acids is 5. The maximum absolute atomic E-state index is 14.1. The molecule has 0 bridgehead atoms. The Morgan fingerprint density at radius 1 is 0.250 bits per heavy atom. The first kappa shape index (κ1) is 96.7. The van der Waals surface area contributed by atoms with Crippen LogP contribution >= 0.6 is 0 Å². The van der Waals surface area contributed by atoms with Crippen molar-refractivity contribution in [3.63, 3.8) is 0 Å². The topological polar surface area (TPSA) is 495 Å². The monoisotopic (exact) mass is 1450 g/mol. The molecule has 5 heterocycles.